The molecule has 0 rings (SSSR count). The number of carbonyl (C=O) groups excluding carboxylic acids is 3. The van der Waals surface area contributed by atoms with Gasteiger partial charge in [-0.3, -0.25) is 14.4 Å². The number of allylic oxidation sites excluding steroid dienone is 10. The fourth-order valence-electron chi connectivity index (χ4n) is 8.90. The molecule has 0 saturated carbocycles. The molecule has 0 saturated heterocycles. The molecule has 0 aliphatic rings. The van der Waals surface area contributed by atoms with Crippen LogP contribution < -0.4 is 0 Å². The highest BCUT2D eigenvalue weighted by Gasteiger charge is 2.19. The first-order chi connectivity index (χ1) is 35.0. The standard InChI is InChI=1S/C65H116O6/c1-4-7-10-13-16-19-21-23-25-27-29-31-32-34-35-37-39-41-43-46-49-52-55-58-64(67)70-61-62(60-69-63(66)57-54-51-48-45-18-15-12-9-6-3)71-65(68)59-56-53-50-47-44-42-40-38-36-33-30-28-26-24-22-20-17-14-11-8-5-2/h8,11,17,20,24,26-27,29-30,33,62H,4-7,9-10,12-16,18-19,21-23,25,28,31-32,34-61H2,1-3H3/b11-8-,20-17-,26-24-,29-27-,33-30-. The lowest BCUT2D eigenvalue weighted by atomic mass is 10.0. The van der Waals surface area contributed by atoms with Gasteiger partial charge in [-0.25, -0.2) is 0 Å². The van der Waals surface area contributed by atoms with Crippen LogP contribution in [-0.4, -0.2) is 37.2 Å². The molecule has 0 fully saturated rings. The molecule has 0 N–H and O–H groups in total. The van der Waals surface area contributed by atoms with Crippen LogP contribution in [0.1, 0.15) is 316 Å². The maximum absolute atomic E-state index is 12.9. The fourth-order valence-corrected chi connectivity index (χ4v) is 8.90. The van der Waals surface area contributed by atoms with Crippen molar-refractivity contribution in [2.75, 3.05) is 13.2 Å². The van der Waals surface area contributed by atoms with E-state index in [1.54, 1.807) is 0 Å². The third-order valence-electron chi connectivity index (χ3n) is 13.5. The number of ether oxygens (including phenoxy) is 3. The van der Waals surface area contributed by atoms with Gasteiger partial charge in [0.1, 0.15) is 13.2 Å². The first-order valence-electron chi connectivity index (χ1n) is 30.8. The van der Waals surface area contributed by atoms with Crippen molar-refractivity contribution >= 4 is 17.9 Å². The molecule has 0 amide bonds. The number of hydrogen-bond acceptors (Lipinski definition) is 6. The predicted octanol–water partition coefficient (Wildman–Crippen LogP) is 20.8. The normalized spacial score (nSPS) is 12.4. The molecule has 0 aliphatic heterocycles. The molecule has 0 radical (unpaired) electrons. The quantitative estimate of drug-likeness (QED) is 0.0261. The van der Waals surface area contributed by atoms with Crippen LogP contribution in [-0.2, 0) is 28.6 Å². The van der Waals surface area contributed by atoms with E-state index in [0.717, 1.165) is 89.9 Å². The van der Waals surface area contributed by atoms with Gasteiger partial charge in [-0.05, 0) is 83.5 Å². The van der Waals surface area contributed by atoms with E-state index in [2.05, 4.69) is 81.5 Å². The summed E-state index contributed by atoms with van der Waals surface area (Å²) >= 11 is 0. The Labute approximate surface area is 440 Å². The molecule has 1 atom stereocenters. The predicted molar refractivity (Wildman–Crippen MR) is 307 cm³/mol. The molecule has 0 aliphatic carbocycles. The van der Waals surface area contributed by atoms with Crippen molar-refractivity contribution in [3.63, 3.8) is 0 Å². The minimum Gasteiger partial charge on any atom is -0.462 e. The van der Waals surface area contributed by atoms with Crippen LogP contribution in [0.4, 0.5) is 0 Å². The van der Waals surface area contributed by atoms with Crippen LogP contribution in [0.3, 0.4) is 0 Å². The van der Waals surface area contributed by atoms with Crippen molar-refractivity contribution in [2.24, 2.45) is 0 Å². The number of carbonyl (C=O) groups is 3. The van der Waals surface area contributed by atoms with E-state index in [1.807, 2.05) is 0 Å². The van der Waals surface area contributed by atoms with E-state index >= 15 is 0 Å². The molecule has 0 spiro atoms. The second-order valence-electron chi connectivity index (χ2n) is 20.6. The lowest BCUT2D eigenvalue weighted by Crippen LogP contribution is -2.30. The van der Waals surface area contributed by atoms with E-state index in [4.69, 9.17) is 14.2 Å². The Morgan fingerprint density at radius 3 is 0.873 bits per heavy atom. The first kappa shape index (κ1) is 68.1. The molecule has 0 bridgehead atoms. The van der Waals surface area contributed by atoms with Crippen molar-refractivity contribution in [1.29, 1.82) is 0 Å². The summed E-state index contributed by atoms with van der Waals surface area (Å²) in [6.07, 6.45) is 75.2. The van der Waals surface area contributed by atoms with Crippen molar-refractivity contribution < 1.29 is 28.6 Å². The minimum absolute atomic E-state index is 0.0751. The number of hydrogen-bond donors (Lipinski definition) is 0. The molecule has 1 unspecified atom stereocenters. The van der Waals surface area contributed by atoms with Gasteiger partial charge < -0.3 is 14.2 Å². The minimum atomic E-state index is -0.776. The van der Waals surface area contributed by atoms with Crippen LogP contribution in [0.25, 0.3) is 0 Å². The lowest BCUT2D eigenvalue weighted by Gasteiger charge is -2.18. The third kappa shape index (κ3) is 57.9. The number of unbranched alkanes of at least 4 members (excludes halogenated alkanes) is 35. The molecule has 0 aromatic heterocycles. The molecule has 71 heavy (non-hydrogen) atoms. The fraction of sp³-hybridized carbons (Fsp3) is 0.800. The van der Waals surface area contributed by atoms with Crippen LogP contribution in [0.2, 0.25) is 0 Å². The summed E-state index contributed by atoms with van der Waals surface area (Å²) < 4.78 is 16.9. The summed E-state index contributed by atoms with van der Waals surface area (Å²) in [5, 5.41) is 0. The van der Waals surface area contributed by atoms with E-state index in [-0.39, 0.29) is 31.1 Å². The van der Waals surface area contributed by atoms with Gasteiger partial charge >= 0.3 is 17.9 Å². The van der Waals surface area contributed by atoms with Crippen molar-refractivity contribution in [3.8, 4) is 0 Å². The summed E-state index contributed by atoms with van der Waals surface area (Å²) in [6, 6.07) is 0. The largest absolute Gasteiger partial charge is 0.462 e. The van der Waals surface area contributed by atoms with Gasteiger partial charge in [0, 0.05) is 19.3 Å². The Hall–Kier alpha value is -2.89. The van der Waals surface area contributed by atoms with Gasteiger partial charge in [0.2, 0.25) is 0 Å². The molecular weight excluding hydrogens is 877 g/mol. The Bertz CT molecular complexity index is 1280. The summed E-state index contributed by atoms with van der Waals surface area (Å²) in [6.45, 7) is 6.54. The maximum Gasteiger partial charge on any atom is 0.306 e. The highest BCUT2D eigenvalue weighted by Crippen LogP contribution is 2.16. The SMILES string of the molecule is CC/C=C\C/C=C\C/C=C\C/C=C\CCCCCCCCCCC(=O)OC(COC(=O)CCCCCCCCCCC)COC(=O)CCCCCCCCCCCCC/C=C\CCCCCCCCCC. The van der Waals surface area contributed by atoms with Crippen LogP contribution in [0.5, 0.6) is 0 Å². The van der Waals surface area contributed by atoms with Crippen molar-refractivity contribution in [2.45, 2.75) is 322 Å². The zero-order valence-corrected chi connectivity index (χ0v) is 47.2. The molecule has 0 heterocycles. The van der Waals surface area contributed by atoms with Gasteiger partial charge in [-0.15, -0.1) is 0 Å². The van der Waals surface area contributed by atoms with Crippen LogP contribution in [0, 0.1) is 0 Å². The highest BCUT2D eigenvalue weighted by atomic mass is 16.6. The van der Waals surface area contributed by atoms with Crippen molar-refractivity contribution in [3.05, 3.63) is 60.8 Å². The molecule has 0 aromatic carbocycles. The molecule has 6 heteroatoms. The smallest absolute Gasteiger partial charge is 0.306 e. The molecule has 0 aromatic rings. The average molecular weight is 994 g/mol. The van der Waals surface area contributed by atoms with E-state index in [1.165, 1.54) is 186 Å². The van der Waals surface area contributed by atoms with Gasteiger partial charge in [0.25, 0.3) is 0 Å². The zero-order valence-electron chi connectivity index (χ0n) is 47.2. The summed E-state index contributed by atoms with van der Waals surface area (Å²) in [7, 11) is 0. The van der Waals surface area contributed by atoms with E-state index < -0.39 is 6.10 Å². The van der Waals surface area contributed by atoms with Crippen molar-refractivity contribution in [1.82, 2.24) is 0 Å². The zero-order chi connectivity index (χ0) is 51.4. The Morgan fingerprint density at radius 1 is 0.296 bits per heavy atom. The van der Waals surface area contributed by atoms with E-state index in [0.29, 0.717) is 19.3 Å². The van der Waals surface area contributed by atoms with Gasteiger partial charge in [-0.2, -0.15) is 0 Å². The third-order valence-corrected chi connectivity index (χ3v) is 13.5. The Kier molecular flexibility index (Phi) is 57.2. The van der Waals surface area contributed by atoms with Crippen LogP contribution in [0.15, 0.2) is 60.8 Å². The van der Waals surface area contributed by atoms with E-state index in [9.17, 15) is 14.4 Å². The lowest BCUT2D eigenvalue weighted by molar-refractivity contribution is -0.167. The summed E-state index contributed by atoms with van der Waals surface area (Å²) in [5.41, 5.74) is 0. The highest BCUT2D eigenvalue weighted by molar-refractivity contribution is 5.71. The first-order valence-corrected chi connectivity index (χ1v) is 30.8. The van der Waals surface area contributed by atoms with Gasteiger partial charge in [0.05, 0.1) is 0 Å². The topological polar surface area (TPSA) is 78.9 Å². The summed E-state index contributed by atoms with van der Waals surface area (Å²) in [5.74, 6) is -0.873. The van der Waals surface area contributed by atoms with Crippen LogP contribution >= 0.6 is 0 Å². The Balaban J connectivity index is 4.23. The molecule has 412 valence electrons. The monoisotopic (exact) mass is 993 g/mol. The average Bonchev–Trinajstić information content (AvgIpc) is 3.37. The van der Waals surface area contributed by atoms with Gasteiger partial charge in [-0.1, -0.05) is 274 Å². The molecular formula is C65H116O6. The second-order valence-corrected chi connectivity index (χ2v) is 20.6. The Morgan fingerprint density at radius 2 is 0.549 bits per heavy atom. The second kappa shape index (κ2) is 59.7. The maximum atomic E-state index is 12.9. The number of rotatable bonds is 56. The summed E-state index contributed by atoms with van der Waals surface area (Å²) in [4.78, 5) is 38.1. The molecule has 6 nitrogen and oxygen atoms in total. The van der Waals surface area contributed by atoms with Gasteiger partial charge in [0.15, 0.2) is 6.10 Å². The number of esters is 3.